The van der Waals surface area contributed by atoms with Gasteiger partial charge in [-0.25, -0.2) is 4.79 Å². The van der Waals surface area contributed by atoms with Gasteiger partial charge in [0.2, 0.25) is 11.8 Å². The van der Waals surface area contributed by atoms with E-state index < -0.39 is 11.9 Å². The van der Waals surface area contributed by atoms with E-state index in [2.05, 4.69) is 5.32 Å². The molecule has 1 aliphatic rings. The Balaban J connectivity index is 1.74. The van der Waals surface area contributed by atoms with Gasteiger partial charge in [0.15, 0.2) is 0 Å². The Morgan fingerprint density at radius 2 is 2.00 bits per heavy atom. The molecule has 26 heavy (non-hydrogen) atoms. The summed E-state index contributed by atoms with van der Waals surface area (Å²) in [4.78, 5) is 36.9. The minimum atomic E-state index is -0.535. The monoisotopic (exact) mass is 372 g/mol. The van der Waals surface area contributed by atoms with Crippen molar-refractivity contribution in [2.45, 2.75) is 33.3 Å². The maximum atomic E-state index is 12.6. The third-order valence-corrected chi connectivity index (χ3v) is 5.48. The Bertz CT molecular complexity index is 884. The first-order valence-electron chi connectivity index (χ1n) is 8.33. The number of benzene rings is 1. The third-order valence-electron chi connectivity index (χ3n) is 4.36. The average Bonchev–Trinajstić information content (AvgIpc) is 3.41. The number of nitrogens with two attached hydrogens (primary N) is 1. The standard InChI is InChI=1S/C19H20N2O4S/c1-10-11(2)26-18(21-17(23)13-6-7-13)15(10)19(24)25-9-12-4-3-5-14(8-12)16(20)22/h3-5,8,13H,6-7,9H2,1-2H3,(H2,20,22)(H,21,23). The quantitative estimate of drug-likeness (QED) is 0.761. The van der Waals surface area contributed by atoms with Gasteiger partial charge in [-0.05, 0) is 49.9 Å². The van der Waals surface area contributed by atoms with E-state index >= 15 is 0 Å². The number of aryl methyl sites for hydroxylation is 1. The van der Waals surface area contributed by atoms with Crippen LogP contribution in [0.1, 0.15) is 49.6 Å². The summed E-state index contributed by atoms with van der Waals surface area (Å²) >= 11 is 1.38. The largest absolute Gasteiger partial charge is 0.457 e. The molecule has 1 aliphatic carbocycles. The van der Waals surface area contributed by atoms with Crippen LogP contribution >= 0.6 is 11.3 Å². The Hall–Kier alpha value is -2.67. The second-order valence-corrected chi connectivity index (χ2v) is 7.62. The molecule has 2 aromatic rings. The predicted molar refractivity (Wildman–Crippen MR) is 99.2 cm³/mol. The smallest absolute Gasteiger partial charge is 0.341 e. The summed E-state index contributed by atoms with van der Waals surface area (Å²) in [5.74, 6) is -1.03. The molecule has 0 saturated heterocycles. The van der Waals surface area contributed by atoms with Crippen molar-refractivity contribution in [1.82, 2.24) is 0 Å². The van der Waals surface area contributed by atoms with Crippen molar-refractivity contribution in [3.63, 3.8) is 0 Å². The van der Waals surface area contributed by atoms with Gasteiger partial charge in [-0.15, -0.1) is 11.3 Å². The summed E-state index contributed by atoms with van der Waals surface area (Å²) in [5.41, 5.74) is 7.49. The van der Waals surface area contributed by atoms with Crippen molar-refractivity contribution in [3.8, 4) is 0 Å². The number of esters is 1. The summed E-state index contributed by atoms with van der Waals surface area (Å²) in [7, 11) is 0. The fourth-order valence-electron chi connectivity index (χ4n) is 2.56. The van der Waals surface area contributed by atoms with Crippen molar-refractivity contribution in [2.75, 3.05) is 5.32 Å². The predicted octanol–water partition coefficient (Wildman–Crippen LogP) is 3.17. The average molecular weight is 372 g/mol. The zero-order valence-electron chi connectivity index (χ0n) is 14.6. The summed E-state index contributed by atoms with van der Waals surface area (Å²) in [6.07, 6.45) is 1.79. The summed E-state index contributed by atoms with van der Waals surface area (Å²) in [6.45, 7) is 3.76. The highest BCUT2D eigenvalue weighted by Gasteiger charge is 2.31. The Labute approximate surface area is 155 Å². The molecule has 3 rings (SSSR count). The second kappa shape index (κ2) is 7.29. The van der Waals surface area contributed by atoms with Crippen LogP contribution in [-0.4, -0.2) is 17.8 Å². The molecule has 3 N–H and O–H groups in total. The second-order valence-electron chi connectivity index (χ2n) is 6.39. The molecular formula is C19H20N2O4S. The van der Waals surface area contributed by atoms with Gasteiger partial charge < -0.3 is 15.8 Å². The maximum absolute atomic E-state index is 12.6. The number of amides is 2. The van der Waals surface area contributed by atoms with Crippen molar-refractivity contribution >= 4 is 34.1 Å². The molecule has 1 fully saturated rings. The van der Waals surface area contributed by atoms with Crippen LogP contribution in [0.15, 0.2) is 24.3 Å². The van der Waals surface area contributed by atoms with E-state index in [9.17, 15) is 14.4 Å². The number of carbonyl (C=O) groups excluding carboxylic acids is 3. The van der Waals surface area contributed by atoms with Crippen LogP contribution in [0.2, 0.25) is 0 Å². The van der Waals surface area contributed by atoms with E-state index in [0.717, 1.165) is 23.3 Å². The van der Waals surface area contributed by atoms with Crippen LogP contribution in [-0.2, 0) is 16.1 Å². The lowest BCUT2D eigenvalue weighted by Gasteiger charge is -2.09. The molecule has 0 atom stereocenters. The van der Waals surface area contributed by atoms with Gasteiger partial charge in [0.25, 0.3) is 0 Å². The summed E-state index contributed by atoms with van der Waals surface area (Å²) in [6, 6.07) is 6.63. The zero-order valence-corrected chi connectivity index (χ0v) is 15.4. The number of nitrogens with one attached hydrogen (secondary N) is 1. The van der Waals surface area contributed by atoms with Crippen LogP contribution in [0.5, 0.6) is 0 Å². The minimum absolute atomic E-state index is 0.0182. The molecule has 0 aliphatic heterocycles. The van der Waals surface area contributed by atoms with Crippen molar-refractivity contribution in [1.29, 1.82) is 0 Å². The first-order chi connectivity index (χ1) is 12.4. The Morgan fingerprint density at radius 1 is 1.27 bits per heavy atom. The first-order valence-corrected chi connectivity index (χ1v) is 9.15. The first kappa shape index (κ1) is 18.1. The summed E-state index contributed by atoms with van der Waals surface area (Å²) < 4.78 is 5.41. The molecule has 6 nitrogen and oxygen atoms in total. The Kier molecular flexibility index (Phi) is 5.08. The normalized spacial score (nSPS) is 13.3. The van der Waals surface area contributed by atoms with Gasteiger partial charge in [0.1, 0.15) is 11.6 Å². The van der Waals surface area contributed by atoms with E-state index in [1.54, 1.807) is 24.3 Å². The number of primary amides is 1. The molecule has 1 aromatic heterocycles. The molecular weight excluding hydrogens is 352 g/mol. The van der Waals surface area contributed by atoms with Gasteiger partial charge in [0.05, 0.1) is 5.56 Å². The van der Waals surface area contributed by atoms with Crippen LogP contribution < -0.4 is 11.1 Å². The van der Waals surface area contributed by atoms with Crippen LogP contribution in [0.3, 0.4) is 0 Å². The lowest BCUT2D eigenvalue weighted by atomic mass is 10.1. The topological polar surface area (TPSA) is 98.5 Å². The summed E-state index contributed by atoms with van der Waals surface area (Å²) in [5, 5.41) is 3.39. The molecule has 1 saturated carbocycles. The number of rotatable bonds is 6. The van der Waals surface area contributed by atoms with Crippen molar-refractivity contribution in [3.05, 3.63) is 51.4 Å². The van der Waals surface area contributed by atoms with E-state index in [1.165, 1.54) is 11.3 Å². The van der Waals surface area contributed by atoms with Gasteiger partial charge in [-0.2, -0.15) is 0 Å². The van der Waals surface area contributed by atoms with Crippen LogP contribution in [0.25, 0.3) is 0 Å². The molecule has 2 amide bonds. The van der Waals surface area contributed by atoms with E-state index in [0.29, 0.717) is 21.7 Å². The van der Waals surface area contributed by atoms with Crippen LogP contribution in [0.4, 0.5) is 5.00 Å². The SMILES string of the molecule is Cc1sc(NC(=O)C2CC2)c(C(=O)OCc2cccc(C(N)=O)c2)c1C. The molecule has 0 unspecified atom stereocenters. The van der Waals surface area contributed by atoms with Gasteiger partial charge >= 0.3 is 5.97 Å². The molecule has 0 spiro atoms. The highest BCUT2D eigenvalue weighted by atomic mass is 32.1. The lowest BCUT2D eigenvalue weighted by molar-refractivity contribution is -0.117. The lowest BCUT2D eigenvalue weighted by Crippen LogP contribution is -2.16. The zero-order chi connectivity index (χ0) is 18.8. The number of thiophene rings is 1. The number of anilines is 1. The maximum Gasteiger partial charge on any atom is 0.341 e. The number of ether oxygens (including phenoxy) is 1. The highest BCUT2D eigenvalue weighted by molar-refractivity contribution is 7.16. The molecule has 7 heteroatoms. The fraction of sp³-hybridized carbons (Fsp3) is 0.316. The molecule has 1 aromatic carbocycles. The molecule has 0 bridgehead atoms. The van der Waals surface area contributed by atoms with Crippen molar-refractivity contribution in [2.24, 2.45) is 11.7 Å². The van der Waals surface area contributed by atoms with Crippen LogP contribution in [0, 0.1) is 19.8 Å². The minimum Gasteiger partial charge on any atom is -0.457 e. The van der Waals surface area contributed by atoms with E-state index in [-0.39, 0.29) is 18.4 Å². The van der Waals surface area contributed by atoms with Gasteiger partial charge in [-0.1, -0.05) is 12.1 Å². The third kappa shape index (κ3) is 3.94. The van der Waals surface area contributed by atoms with E-state index in [1.807, 2.05) is 13.8 Å². The number of hydrogen-bond acceptors (Lipinski definition) is 5. The highest BCUT2D eigenvalue weighted by Crippen LogP contribution is 2.36. The van der Waals surface area contributed by atoms with E-state index in [4.69, 9.17) is 10.5 Å². The van der Waals surface area contributed by atoms with Gasteiger partial charge in [0, 0.05) is 16.4 Å². The molecule has 1 heterocycles. The number of carbonyl (C=O) groups is 3. The van der Waals surface area contributed by atoms with Crippen molar-refractivity contribution < 1.29 is 19.1 Å². The van der Waals surface area contributed by atoms with Gasteiger partial charge in [-0.3, -0.25) is 9.59 Å². The molecule has 136 valence electrons. The fourth-order valence-corrected chi connectivity index (χ4v) is 3.61. The molecule has 0 radical (unpaired) electrons. The Morgan fingerprint density at radius 3 is 2.65 bits per heavy atom. The number of hydrogen-bond donors (Lipinski definition) is 2.